The third-order valence-corrected chi connectivity index (χ3v) is 5.65. The Bertz CT molecular complexity index is 953. The number of carbonyl (C=O) groups excluding carboxylic acids is 1. The second kappa shape index (κ2) is 7.31. The standard InChI is InChI=1S/C19H17F3N4OS/c20-19(21,22)16-9-14(15-7-4-8-28-15)25-17-13(11-24-26(16)17)18(27)23-10-12-5-2-1-3-6-12/h1-8,11,14,16,25H,9-10H2,(H,23,27)/t14-,16-/m0/s1. The molecule has 0 aliphatic carbocycles. The van der Waals surface area contributed by atoms with Gasteiger partial charge in [0.1, 0.15) is 11.4 Å². The molecule has 1 amide bonds. The van der Waals surface area contributed by atoms with Gasteiger partial charge in [-0.1, -0.05) is 36.4 Å². The fraction of sp³-hybridized carbons (Fsp3) is 0.263. The maximum Gasteiger partial charge on any atom is 0.410 e. The minimum Gasteiger partial charge on any atom is -0.362 e. The lowest BCUT2D eigenvalue weighted by molar-refractivity contribution is -0.173. The van der Waals surface area contributed by atoms with E-state index < -0.39 is 24.2 Å². The van der Waals surface area contributed by atoms with E-state index in [9.17, 15) is 18.0 Å². The first kappa shape index (κ1) is 18.5. The second-order valence-corrected chi connectivity index (χ2v) is 7.50. The van der Waals surface area contributed by atoms with Crippen LogP contribution in [0.15, 0.2) is 54.0 Å². The van der Waals surface area contributed by atoms with Crippen molar-refractivity contribution in [2.45, 2.75) is 31.2 Å². The SMILES string of the molecule is O=C(NCc1ccccc1)c1cnn2c1N[C@H](c1cccs1)C[C@H]2C(F)(F)F. The maximum atomic E-state index is 13.6. The van der Waals surface area contributed by atoms with E-state index in [2.05, 4.69) is 15.7 Å². The smallest absolute Gasteiger partial charge is 0.362 e. The molecule has 28 heavy (non-hydrogen) atoms. The van der Waals surface area contributed by atoms with Crippen LogP contribution in [0.3, 0.4) is 0 Å². The summed E-state index contributed by atoms with van der Waals surface area (Å²) in [5.41, 5.74) is 1.00. The van der Waals surface area contributed by atoms with Crippen LogP contribution in [0.2, 0.25) is 0 Å². The Labute approximate surface area is 163 Å². The molecule has 2 atom stereocenters. The van der Waals surface area contributed by atoms with Gasteiger partial charge in [-0.05, 0) is 17.0 Å². The Morgan fingerprint density at radius 3 is 2.71 bits per heavy atom. The van der Waals surface area contributed by atoms with E-state index in [1.807, 2.05) is 35.7 Å². The third-order valence-electron chi connectivity index (χ3n) is 4.67. The monoisotopic (exact) mass is 406 g/mol. The molecule has 0 spiro atoms. The number of fused-ring (bicyclic) bond motifs is 1. The topological polar surface area (TPSA) is 59.0 Å². The van der Waals surface area contributed by atoms with Crippen molar-refractivity contribution in [2.24, 2.45) is 0 Å². The van der Waals surface area contributed by atoms with Crippen LogP contribution in [0.5, 0.6) is 0 Å². The summed E-state index contributed by atoms with van der Waals surface area (Å²) >= 11 is 1.38. The number of hydrogen-bond donors (Lipinski definition) is 2. The summed E-state index contributed by atoms with van der Waals surface area (Å²) in [6.45, 7) is 0.279. The molecule has 1 aromatic carbocycles. The zero-order valence-electron chi connectivity index (χ0n) is 14.6. The molecular formula is C19H17F3N4OS. The number of alkyl halides is 3. The molecule has 146 valence electrons. The molecule has 0 fully saturated rings. The number of nitrogens with zero attached hydrogens (tertiary/aromatic N) is 2. The van der Waals surface area contributed by atoms with Gasteiger partial charge < -0.3 is 10.6 Å². The molecule has 0 bridgehead atoms. The van der Waals surface area contributed by atoms with Crippen LogP contribution in [-0.4, -0.2) is 21.9 Å². The van der Waals surface area contributed by atoms with Gasteiger partial charge in [-0.2, -0.15) is 18.3 Å². The molecule has 2 aromatic heterocycles. The van der Waals surface area contributed by atoms with Crippen molar-refractivity contribution in [3.8, 4) is 0 Å². The van der Waals surface area contributed by atoms with Gasteiger partial charge >= 0.3 is 6.18 Å². The van der Waals surface area contributed by atoms with Crippen molar-refractivity contribution in [3.63, 3.8) is 0 Å². The van der Waals surface area contributed by atoms with Crippen LogP contribution in [0.25, 0.3) is 0 Å². The van der Waals surface area contributed by atoms with E-state index in [4.69, 9.17) is 0 Å². The second-order valence-electron chi connectivity index (χ2n) is 6.53. The first-order chi connectivity index (χ1) is 13.4. The van der Waals surface area contributed by atoms with Crippen LogP contribution >= 0.6 is 11.3 Å². The van der Waals surface area contributed by atoms with Crippen LogP contribution < -0.4 is 10.6 Å². The number of thiophene rings is 1. The summed E-state index contributed by atoms with van der Waals surface area (Å²) in [5.74, 6) is -0.372. The molecule has 3 aromatic rings. The van der Waals surface area contributed by atoms with Crippen molar-refractivity contribution in [1.29, 1.82) is 0 Å². The molecule has 4 rings (SSSR count). The van der Waals surface area contributed by atoms with Crippen molar-refractivity contribution < 1.29 is 18.0 Å². The summed E-state index contributed by atoms with van der Waals surface area (Å²) in [5, 5.41) is 11.5. The number of halogens is 3. The van der Waals surface area contributed by atoms with Gasteiger partial charge in [-0.25, -0.2) is 4.68 Å². The summed E-state index contributed by atoms with van der Waals surface area (Å²) in [4.78, 5) is 13.4. The first-order valence-electron chi connectivity index (χ1n) is 8.70. The first-order valence-corrected chi connectivity index (χ1v) is 9.57. The molecule has 0 saturated heterocycles. The highest BCUT2D eigenvalue weighted by Gasteiger charge is 2.47. The highest BCUT2D eigenvalue weighted by Crippen LogP contribution is 2.44. The van der Waals surface area contributed by atoms with Crippen LogP contribution in [0, 0.1) is 0 Å². The van der Waals surface area contributed by atoms with Gasteiger partial charge in [0.25, 0.3) is 5.91 Å². The summed E-state index contributed by atoms with van der Waals surface area (Å²) in [7, 11) is 0. The molecule has 9 heteroatoms. The van der Waals surface area contributed by atoms with E-state index in [1.165, 1.54) is 17.5 Å². The Balaban J connectivity index is 1.61. The number of amides is 1. The molecule has 0 saturated carbocycles. The molecule has 3 heterocycles. The number of carbonyl (C=O) groups is 1. The van der Waals surface area contributed by atoms with E-state index in [-0.39, 0.29) is 24.3 Å². The van der Waals surface area contributed by atoms with E-state index >= 15 is 0 Å². The number of benzene rings is 1. The van der Waals surface area contributed by atoms with Crippen LogP contribution in [-0.2, 0) is 6.54 Å². The minimum absolute atomic E-state index is 0.0949. The number of rotatable bonds is 4. The Kier molecular flexibility index (Phi) is 4.84. The van der Waals surface area contributed by atoms with E-state index in [0.29, 0.717) is 0 Å². The summed E-state index contributed by atoms with van der Waals surface area (Å²) < 4.78 is 41.8. The van der Waals surface area contributed by atoms with Gasteiger partial charge in [0.05, 0.1) is 12.2 Å². The maximum absolute atomic E-state index is 13.6. The lowest BCUT2D eigenvalue weighted by Crippen LogP contribution is -2.36. The van der Waals surface area contributed by atoms with Crippen molar-refractivity contribution >= 4 is 23.1 Å². The minimum atomic E-state index is -4.46. The Morgan fingerprint density at radius 2 is 2.04 bits per heavy atom. The van der Waals surface area contributed by atoms with Crippen LogP contribution in [0.1, 0.15) is 39.3 Å². The molecule has 0 radical (unpaired) electrons. The predicted octanol–water partition coefficient (Wildman–Crippen LogP) is 4.53. The molecule has 2 N–H and O–H groups in total. The summed E-state index contributed by atoms with van der Waals surface area (Å²) in [6.07, 6.45) is -3.45. The number of nitrogens with one attached hydrogen (secondary N) is 2. The molecule has 5 nitrogen and oxygen atoms in total. The van der Waals surface area contributed by atoms with Crippen molar-refractivity contribution in [2.75, 3.05) is 5.32 Å². The fourth-order valence-corrected chi connectivity index (χ4v) is 4.07. The Hall–Kier alpha value is -2.81. The highest BCUT2D eigenvalue weighted by molar-refractivity contribution is 7.10. The molecule has 0 unspecified atom stereocenters. The van der Waals surface area contributed by atoms with Crippen LogP contribution in [0.4, 0.5) is 19.0 Å². The largest absolute Gasteiger partial charge is 0.410 e. The fourth-order valence-electron chi connectivity index (χ4n) is 3.28. The molecular weight excluding hydrogens is 389 g/mol. The zero-order chi connectivity index (χ0) is 19.7. The average Bonchev–Trinajstić information content (AvgIpc) is 3.35. The van der Waals surface area contributed by atoms with Gasteiger partial charge in [-0.15, -0.1) is 11.3 Å². The predicted molar refractivity (Wildman–Crippen MR) is 100 cm³/mol. The highest BCUT2D eigenvalue weighted by atomic mass is 32.1. The van der Waals surface area contributed by atoms with Gasteiger partial charge in [0.2, 0.25) is 0 Å². The lowest BCUT2D eigenvalue weighted by Gasteiger charge is -2.33. The number of anilines is 1. The summed E-state index contributed by atoms with van der Waals surface area (Å²) in [6, 6.07) is 10.6. The van der Waals surface area contributed by atoms with Crippen molar-refractivity contribution in [1.82, 2.24) is 15.1 Å². The quantitative estimate of drug-likeness (QED) is 0.669. The molecule has 1 aliphatic heterocycles. The normalized spacial score (nSPS) is 19.0. The average molecular weight is 406 g/mol. The van der Waals surface area contributed by atoms with E-state index in [0.717, 1.165) is 15.1 Å². The van der Waals surface area contributed by atoms with E-state index in [1.54, 1.807) is 12.1 Å². The van der Waals surface area contributed by atoms with Gasteiger partial charge in [0, 0.05) is 17.8 Å². The Morgan fingerprint density at radius 1 is 1.25 bits per heavy atom. The number of aromatic nitrogens is 2. The third kappa shape index (κ3) is 3.62. The van der Waals surface area contributed by atoms with Gasteiger partial charge in [-0.3, -0.25) is 4.79 Å². The molecule has 1 aliphatic rings. The number of hydrogen-bond acceptors (Lipinski definition) is 4. The zero-order valence-corrected chi connectivity index (χ0v) is 15.4. The lowest BCUT2D eigenvalue weighted by atomic mass is 10.0. The van der Waals surface area contributed by atoms with Gasteiger partial charge in [0.15, 0.2) is 6.04 Å². The van der Waals surface area contributed by atoms with Crippen molar-refractivity contribution in [3.05, 3.63) is 70.0 Å².